The van der Waals surface area contributed by atoms with E-state index in [4.69, 9.17) is 4.74 Å². The highest BCUT2D eigenvalue weighted by Gasteiger charge is 2.46. The third-order valence-electron chi connectivity index (χ3n) is 3.88. The highest BCUT2D eigenvalue weighted by molar-refractivity contribution is 8.01. The quantitative estimate of drug-likeness (QED) is 0.841. The largest absolute Gasteiger partial charge is 0.493 e. The molecule has 0 bridgehead atoms. The molecule has 0 saturated carbocycles. The van der Waals surface area contributed by atoms with Crippen LogP contribution in [0.1, 0.15) is 31.2 Å². The van der Waals surface area contributed by atoms with Crippen LogP contribution >= 0.6 is 23.1 Å². The van der Waals surface area contributed by atoms with Crippen LogP contribution in [0.4, 0.5) is 0 Å². The summed E-state index contributed by atoms with van der Waals surface area (Å²) in [6.07, 6.45) is 1.83. The molecule has 24 heavy (non-hydrogen) atoms. The maximum absolute atomic E-state index is 11.4. The molecule has 0 amide bonds. The van der Waals surface area contributed by atoms with Gasteiger partial charge in [-0.3, -0.25) is 10.1 Å². The van der Waals surface area contributed by atoms with Gasteiger partial charge in [0.1, 0.15) is 22.2 Å². The lowest BCUT2D eigenvalue weighted by molar-refractivity contribution is -0.139. The fourth-order valence-corrected chi connectivity index (χ4v) is 5.19. The fourth-order valence-electron chi connectivity index (χ4n) is 2.73. The molecule has 5 nitrogen and oxygen atoms in total. The smallest absolute Gasteiger partial charge is 0.322 e. The number of carboxylic acid groups (broad SMARTS) is 1. The van der Waals surface area contributed by atoms with E-state index in [-0.39, 0.29) is 10.1 Å². The van der Waals surface area contributed by atoms with Gasteiger partial charge in [-0.05, 0) is 32.9 Å². The average Bonchev–Trinajstić information content (AvgIpc) is 3.12. The monoisotopic (exact) mass is 364 g/mol. The zero-order valence-corrected chi connectivity index (χ0v) is 15.4. The molecule has 1 aromatic heterocycles. The minimum Gasteiger partial charge on any atom is -0.493 e. The Kier molecular flexibility index (Phi) is 4.85. The van der Waals surface area contributed by atoms with Gasteiger partial charge in [-0.25, -0.2) is 4.98 Å². The number of nitrogens with zero attached hydrogens (tertiary/aromatic N) is 1. The Morgan fingerprint density at radius 1 is 1.42 bits per heavy atom. The van der Waals surface area contributed by atoms with Gasteiger partial charge in [0.05, 0.1) is 11.5 Å². The number of carboxylic acids is 1. The molecule has 1 aliphatic rings. The summed E-state index contributed by atoms with van der Waals surface area (Å²) < 4.78 is 5.30. The van der Waals surface area contributed by atoms with E-state index < -0.39 is 12.0 Å². The summed E-state index contributed by atoms with van der Waals surface area (Å²) in [5.41, 5.74) is 1.01. The zero-order chi connectivity index (χ0) is 17.3. The Labute approximate surface area is 149 Å². The number of hydrogen-bond acceptors (Lipinski definition) is 6. The number of nitrogens with one attached hydrogen (secondary N) is 1. The maximum Gasteiger partial charge on any atom is 0.322 e. The molecule has 0 aliphatic carbocycles. The highest BCUT2D eigenvalue weighted by Crippen LogP contribution is 2.47. The second-order valence-electron chi connectivity index (χ2n) is 6.03. The molecule has 2 heterocycles. The topological polar surface area (TPSA) is 71.5 Å². The summed E-state index contributed by atoms with van der Waals surface area (Å²) in [5.74, 6) is 0.0134. The van der Waals surface area contributed by atoms with Crippen LogP contribution in [0, 0.1) is 0 Å². The molecule has 3 rings (SSSR count). The third kappa shape index (κ3) is 3.29. The zero-order valence-electron chi connectivity index (χ0n) is 13.8. The van der Waals surface area contributed by atoms with Crippen molar-refractivity contribution in [2.24, 2.45) is 0 Å². The van der Waals surface area contributed by atoms with Crippen molar-refractivity contribution >= 4 is 29.1 Å². The van der Waals surface area contributed by atoms with Crippen molar-refractivity contribution in [3.8, 4) is 16.2 Å². The van der Waals surface area contributed by atoms with E-state index in [9.17, 15) is 9.90 Å². The molecule has 2 unspecified atom stereocenters. The average molecular weight is 364 g/mol. The van der Waals surface area contributed by atoms with Gasteiger partial charge >= 0.3 is 5.97 Å². The number of carbonyl (C=O) groups is 1. The molecule has 2 N–H and O–H groups in total. The molecule has 2 atom stereocenters. The summed E-state index contributed by atoms with van der Waals surface area (Å²) >= 11 is 3.18. The van der Waals surface area contributed by atoms with Crippen molar-refractivity contribution in [3.63, 3.8) is 0 Å². The van der Waals surface area contributed by atoms with E-state index in [0.717, 1.165) is 21.2 Å². The van der Waals surface area contributed by atoms with E-state index >= 15 is 0 Å². The van der Waals surface area contributed by atoms with E-state index in [1.165, 1.54) is 0 Å². The Morgan fingerprint density at radius 3 is 2.83 bits per heavy atom. The summed E-state index contributed by atoms with van der Waals surface area (Å²) in [7, 11) is 0. The van der Waals surface area contributed by atoms with E-state index in [2.05, 4.69) is 10.3 Å². The fraction of sp³-hybridized carbons (Fsp3) is 0.412. The van der Waals surface area contributed by atoms with E-state index in [1.807, 2.05) is 51.2 Å². The first-order chi connectivity index (χ1) is 11.4. The predicted octanol–water partition coefficient (Wildman–Crippen LogP) is 3.78. The van der Waals surface area contributed by atoms with Crippen molar-refractivity contribution in [2.45, 2.75) is 36.9 Å². The molecule has 0 spiro atoms. The van der Waals surface area contributed by atoms with Gasteiger partial charge in [0.15, 0.2) is 0 Å². The first-order valence-corrected chi connectivity index (χ1v) is 9.46. The Balaban J connectivity index is 1.86. The number of para-hydroxylation sites is 1. The van der Waals surface area contributed by atoms with Gasteiger partial charge in [0, 0.05) is 16.5 Å². The maximum atomic E-state index is 11.4. The van der Waals surface area contributed by atoms with Gasteiger partial charge in [-0.2, -0.15) is 0 Å². The van der Waals surface area contributed by atoms with Crippen molar-refractivity contribution in [2.75, 3.05) is 6.61 Å². The molecular formula is C17H20N2O3S2. The number of thioether (sulfide) groups is 1. The molecule has 2 aromatic rings. The SMILES string of the molecule is CCOc1ccccc1-c1cnc(C2NC(C(=O)O)C(C)(C)S2)s1. The van der Waals surface area contributed by atoms with Gasteiger partial charge in [0.2, 0.25) is 0 Å². The lowest BCUT2D eigenvalue weighted by Crippen LogP contribution is -2.43. The number of benzene rings is 1. The van der Waals surface area contributed by atoms with E-state index in [1.54, 1.807) is 23.1 Å². The van der Waals surface area contributed by atoms with Crippen LogP contribution in [0.2, 0.25) is 0 Å². The Bertz CT molecular complexity index is 745. The second-order valence-corrected chi connectivity index (χ2v) is 8.85. The Hall–Kier alpha value is -1.57. The van der Waals surface area contributed by atoms with Crippen LogP contribution < -0.4 is 10.1 Å². The van der Waals surface area contributed by atoms with Gasteiger partial charge in [-0.1, -0.05) is 12.1 Å². The highest BCUT2D eigenvalue weighted by atomic mass is 32.2. The van der Waals surface area contributed by atoms with Crippen LogP contribution in [-0.4, -0.2) is 33.5 Å². The van der Waals surface area contributed by atoms with Crippen molar-refractivity contribution < 1.29 is 14.6 Å². The Morgan fingerprint density at radius 2 is 2.17 bits per heavy atom. The first-order valence-electron chi connectivity index (χ1n) is 7.77. The number of aromatic nitrogens is 1. The number of rotatable bonds is 5. The predicted molar refractivity (Wildman–Crippen MR) is 97.7 cm³/mol. The second kappa shape index (κ2) is 6.74. The van der Waals surface area contributed by atoms with Gasteiger partial charge in [-0.15, -0.1) is 23.1 Å². The van der Waals surface area contributed by atoms with Crippen molar-refractivity contribution in [3.05, 3.63) is 35.5 Å². The van der Waals surface area contributed by atoms with Crippen molar-refractivity contribution in [1.82, 2.24) is 10.3 Å². The number of hydrogen-bond donors (Lipinski definition) is 2. The summed E-state index contributed by atoms with van der Waals surface area (Å²) in [6, 6.07) is 7.30. The normalized spacial score (nSPS) is 22.5. The van der Waals surface area contributed by atoms with Crippen LogP contribution in [0.5, 0.6) is 5.75 Å². The van der Waals surface area contributed by atoms with Crippen LogP contribution in [0.3, 0.4) is 0 Å². The van der Waals surface area contributed by atoms with Crippen LogP contribution in [0.15, 0.2) is 30.5 Å². The molecule has 128 valence electrons. The van der Waals surface area contributed by atoms with Crippen LogP contribution in [0.25, 0.3) is 10.4 Å². The minimum atomic E-state index is -0.825. The molecule has 0 radical (unpaired) electrons. The number of thiazole rings is 1. The molecule has 1 fully saturated rings. The van der Waals surface area contributed by atoms with Gasteiger partial charge < -0.3 is 9.84 Å². The van der Waals surface area contributed by atoms with Crippen molar-refractivity contribution in [1.29, 1.82) is 0 Å². The van der Waals surface area contributed by atoms with Crippen LogP contribution in [-0.2, 0) is 4.79 Å². The minimum absolute atomic E-state index is 0.112. The molecule has 1 aromatic carbocycles. The number of ether oxygens (including phenoxy) is 1. The molecular weight excluding hydrogens is 344 g/mol. The summed E-state index contributed by atoms with van der Waals surface area (Å²) in [5, 5.41) is 13.3. The third-order valence-corrected chi connectivity index (χ3v) is 6.56. The summed E-state index contributed by atoms with van der Waals surface area (Å²) in [4.78, 5) is 17.0. The standard InChI is InChI=1S/C17H20N2O3S2/c1-4-22-11-8-6-5-7-10(11)12-9-18-14(23-12)15-19-13(16(20)21)17(2,3)24-15/h5-9,13,15,19H,4H2,1-3H3,(H,20,21). The van der Waals surface area contributed by atoms with Gasteiger partial charge in [0.25, 0.3) is 0 Å². The first kappa shape index (κ1) is 17.3. The molecule has 7 heteroatoms. The lowest BCUT2D eigenvalue weighted by Gasteiger charge is -2.20. The summed E-state index contributed by atoms with van der Waals surface area (Å²) in [6.45, 7) is 6.46. The molecule has 1 saturated heterocycles. The lowest BCUT2D eigenvalue weighted by atomic mass is 10.0. The number of aliphatic carboxylic acids is 1. The van der Waals surface area contributed by atoms with E-state index in [0.29, 0.717) is 6.61 Å². The molecule has 1 aliphatic heterocycles.